The maximum Gasteiger partial charge on any atom is 0.272 e. The van der Waals surface area contributed by atoms with Gasteiger partial charge in [-0.2, -0.15) is 0 Å². The number of piperidine rings is 1. The monoisotopic (exact) mass is 324 g/mol. The van der Waals surface area contributed by atoms with Gasteiger partial charge in [-0.15, -0.1) is 0 Å². The predicted octanol–water partition coefficient (Wildman–Crippen LogP) is 3.84. The minimum Gasteiger partial charge on any atom is -0.487 e. The van der Waals surface area contributed by atoms with E-state index in [-0.39, 0.29) is 5.91 Å². The van der Waals surface area contributed by atoms with Crippen LogP contribution in [0.2, 0.25) is 0 Å². The lowest BCUT2D eigenvalue weighted by molar-refractivity contribution is 0.0690. The summed E-state index contributed by atoms with van der Waals surface area (Å²) >= 11 is 0. The number of pyridine rings is 1. The fourth-order valence-electron chi connectivity index (χ4n) is 2.92. The largest absolute Gasteiger partial charge is 0.487 e. The smallest absolute Gasteiger partial charge is 0.272 e. The predicted molar refractivity (Wildman–Crippen MR) is 94.0 cm³/mol. The van der Waals surface area contributed by atoms with Crippen molar-refractivity contribution in [1.82, 2.24) is 9.88 Å². The molecule has 0 bridgehead atoms. The number of amides is 1. The maximum absolute atomic E-state index is 12.6. The SMILES string of the molecule is Cc1ccccc1OCc1cccc(C(=O)N2CCC(C)CC2)n1. The van der Waals surface area contributed by atoms with Gasteiger partial charge >= 0.3 is 0 Å². The standard InChI is InChI=1S/C20H24N2O2/c1-15-10-12-22(13-11-15)20(23)18-8-5-7-17(21-18)14-24-19-9-4-3-6-16(19)2/h3-9,15H,10-14H2,1-2H3. The molecule has 1 aliphatic rings. The first-order chi connectivity index (χ1) is 11.6. The van der Waals surface area contributed by atoms with Crippen molar-refractivity contribution in [2.24, 2.45) is 5.92 Å². The summed E-state index contributed by atoms with van der Waals surface area (Å²) in [5.74, 6) is 1.58. The average Bonchev–Trinajstić information content (AvgIpc) is 2.61. The third-order valence-corrected chi connectivity index (χ3v) is 4.57. The second kappa shape index (κ2) is 7.47. The summed E-state index contributed by atoms with van der Waals surface area (Å²) in [5, 5.41) is 0. The van der Waals surface area contributed by atoms with Gasteiger partial charge in [0, 0.05) is 13.1 Å². The van der Waals surface area contributed by atoms with E-state index in [0.717, 1.165) is 42.9 Å². The number of aryl methyl sites for hydroxylation is 1. The molecule has 0 aliphatic carbocycles. The molecule has 24 heavy (non-hydrogen) atoms. The molecule has 2 heterocycles. The average molecular weight is 324 g/mol. The van der Waals surface area contributed by atoms with Crippen LogP contribution in [-0.2, 0) is 6.61 Å². The van der Waals surface area contributed by atoms with Crippen LogP contribution in [0.1, 0.15) is 41.5 Å². The first-order valence-corrected chi connectivity index (χ1v) is 8.57. The van der Waals surface area contributed by atoms with E-state index in [1.165, 1.54) is 0 Å². The summed E-state index contributed by atoms with van der Waals surface area (Å²) in [7, 11) is 0. The molecular weight excluding hydrogens is 300 g/mol. The Labute approximate surface area is 143 Å². The molecule has 3 rings (SSSR count). The molecule has 1 aliphatic heterocycles. The molecular formula is C20H24N2O2. The lowest BCUT2D eigenvalue weighted by Crippen LogP contribution is -2.38. The molecule has 1 aromatic heterocycles. The third-order valence-electron chi connectivity index (χ3n) is 4.57. The zero-order valence-corrected chi connectivity index (χ0v) is 14.4. The molecule has 1 fully saturated rings. The van der Waals surface area contributed by atoms with E-state index in [2.05, 4.69) is 11.9 Å². The number of benzene rings is 1. The van der Waals surface area contributed by atoms with Crippen LogP contribution in [0.4, 0.5) is 0 Å². The molecule has 1 amide bonds. The Morgan fingerprint density at radius 1 is 1.17 bits per heavy atom. The molecule has 4 heteroatoms. The van der Waals surface area contributed by atoms with Gasteiger partial charge in [0.05, 0.1) is 5.69 Å². The fraction of sp³-hybridized carbons (Fsp3) is 0.400. The number of ether oxygens (including phenoxy) is 1. The van der Waals surface area contributed by atoms with E-state index in [0.29, 0.717) is 18.2 Å². The zero-order chi connectivity index (χ0) is 16.9. The third kappa shape index (κ3) is 3.94. The molecule has 0 radical (unpaired) electrons. The summed E-state index contributed by atoms with van der Waals surface area (Å²) in [6.07, 6.45) is 2.14. The van der Waals surface area contributed by atoms with Gasteiger partial charge in [-0.3, -0.25) is 4.79 Å². The molecule has 0 saturated carbocycles. The van der Waals surface area contributed by atoms with Gasteiger partial charge in [0.25, 0.3) is 5.91 Å². The number of likely N-dealkylation sites (tertiary alicyclic amines) is 1. The second-order valence-electron chi connectivity index (χ2n) is 6.54. The summed E-state index contributed by atoms with van der Waals surface area (Å²) in [5.41, 5.74) is 2.37. The number of hydrogen-bond acceptors (Lipinski definition) is 3. The number of carbonyl (C=O) groups is 1. The second-order valence-corrected chi connectivity index (χ2v) is 6.54. The summed E-state index contributed by atoms with van der Waals surface area (Å²) in [6.45, 7) is 6.27. The normalized spacial score (nSPS) is 15.3. The highest BCUT2D eigenvalue weighted by atomic mass is 16.5. The summed E-state index contributed by atoms with van der Waals surface area (Å²) in [4.78, 5) is 19.0. The quantitative estimate of drug-likeness (QED) is 0.858. The van der Waals surface area contributed by atoms with Crippen LogP contribution < -0.4 is 4.74 Å². The molecule has 0 N–H and O–H groups in total. The van der Waals surface area contributed by atoms with Crippen molar-refractivity contribution in [3.63, 3.8) is 0 Å². The van der Waals surface area contributed by atoms with Gasteiger partial charge in [0.15, 0.2) is 0 Å². The van der Waals surface area contributed by atoms with Gasteiger partial charge in [0.1, 0.15) is 18.1 Å². The van der Waals surface area contributed by atoms with Gasteiger partial charge in [0.2, 0.25) is 0 Å². The Kier molecular flexibility index (Phi) is 5.14. The highest BCUT2D eigenvalue weighted by molar-refractivity contribution is 5.92. The Balaban J connectivity index is 1.65. The van der Waals surface area contributed by atoms with Crippen molar-refractivity contribution in [2.75, 3.05) is 13.1 Å². The Hall–Kier alpha value is -2.36. The summed E-state index contributed by atoms with van der Waals surface area (Å²) in [6, 6.07) is 13.5. The molecule has 4 nitrogen and oxygen atoms in total. The van der Waals surface area contributed by atoms with Crippen LogP contribution in [0.3, 0.4) is 0 Å². The Bertz CT molecular complexity index is 706. The van der Waals surface area contributed by atoms with E-state index in [1.807, 2.05) is 48.2 Å². The van der Waals surface area contributed by atoms with Crippen LogP contribution >= 0.6 is 0 Å². The van der Waals surface area contributed by atoms with E-state index < -0.39 is 0 Å². The van der Waals surface area contributed by atoms with Crippen LogP contribution in [-0.4, -0.2) is 28.9 Å². The maximum atomic E-state index is 12.6. The number of carbonyl (C=O) groups excluding carboxylic acids is 1. The van der Waals surface area contributed by atoms with E-state index in [1.54, 1.807) is 6.07 Å². The van der Waals surface area contributed by atoms with Crippen molar-refractivity contribution >= 4 is 5.91 Å². The van der Waals surface area contributed by atoms with E-state index in [4.69, 9.17) is 4.74 Å². The van der Waals surface area contributed by atoms with Gasteiger partial charge < -0.3 is 9.64 Å². The lowest BCUT2D eigenvalue weighted by atomic mass is 9.99. The minimum atomic E-state index is 0.0274. The van der Waals surface area contributed by atoms with Crippen molar-refractivity contribution in [1.29, 1.82) is 0 Å². The van der Waals surface area contributed by atoms with Crippen molar-refractivity contribution in [3.05, 3.63) is 59.4 Å². The topological polar surface area (TPSA) is 42.4 Å². The van der Waals surface area contributed by atoms with Gasteiger partial charge in [-0.05, 0) is 49.4 Å². The molecule has 0 spiro atoms. The van der Waals surface area contributed by atoms with Crippen LogP contribution in [0.5, 0.6) is 5.75 Å². The first-order valence-electron chi connectivity index (χ1n) is 8.57. The highest BCUT2D eigenvalue weighted by Crippen LogP contribution is 2.19. The van der Waals surface area contributed by atoms with Gasteiger partial charge in [-0.25, -0.2) is 4.98 Å². The van der Waals surface area contributed by atoms with E-state index >= 15 is 0 Å². The van der Waals surface area contributed by atoms with Crippen LogP contribution in [0, 0.1) is 12.8 Å². The number of hydrogen-bond donors (Lipinski definition) is 0. The Morgan fingerprint density at radius 3 is 2.67 bits per heavy atom. The number of para-hydroxylation sites is 1. The number of nitrogens with zero attached hydrogens (tertiary/aromatic N) is 2. The summed E-state index contributed by atoms with van der Waals surface area (Å²) < 4.78 is 5.83. The van der Waals surface area contributed by atoms with Crippen molar-refractivity contribution < 1.29 is 9.53 Å². The van der Waals surface area contributed by atoms with Crippen LogP contribution in [0.15, 0.2) is 42.5 Å². The molecule has 126 valence electrons. The number of aromatic nitrogens is 1. The highest BCUT2D eigenvalue weighted by Gasteiger charge is 2.22. The lowest BCUT2D eigenvalue weighted by Gasteiger charge is -2.30. The fourth-order valence-corrected chi connectivity index (χ4v) is 2.92. The Morgan fingerprint density at radius 2 is 1.92 bits per heavy atom. The van der Waals surface area contributed by atoms with Crippen LogP contribution in [0.25, 0.3) is 0 Å². The molecule has 1 aromatic carbocycles. The minimum absolute atomic E-state index is 0.0274. The van der Waals surface area contributed by atoms with E-state index in [9.17, 15) is 4.79 Å². The first kappa shape index (κ1) is 16.5. The molecule has 1 saturated heterocycles. The molecule has 0 unspecified atom stereocenters. The molecule has 0 atom stereocenters. The zero-order valence-electron chi connectivity index (χ0n) is 14.4. The van der Waals surface area contributed by atoms with Crippen molar-refractivity contribution in [2.45, 2.75) is 33.3 Å². The van der Waals surface area contributed by atoms with Crippen molar-refractivity contribution in [3.8, 4) is 5.75 Å². The molecule has 2 aromatic rings. The number of rotatable bonds is 4. The van der Waals surface area contributed by atoms with Gasteiger partial charge in [-0.1, -0.05) is 31.2 Å².